The predicted octanol–water partition coefficient (Wildman–Crippen LogP) is 4.52. The monoisotopic (exact) mass is 267 g/mol. The molecular formula is C13H11ClFNS. The van der Waals surface area contributed by atoms with Crippen LogP contribution >= 0.6 is 23.4 Å². The van der Waals surface area contributed by atoms with Gasteiger partial charge >= 0.3 is 0 Å². The van der Waals surface area contributed by atoms with Gasteiger partial charge in [0.05, 0.1) is 0 Å². The molecule has 0 aliphatic rings. The molecule has 88 valence electrons. The molecule has 2 aromatic rings. The lowest BCUT2D eigenvalue weighted by molar-refractivity contribution is 0.602. The third-order valence-corrected chi connectivity index (χ3v) is 4.13. The Bertz CT molecular complexity index is 557. The highest BCUT2D eigenvalue weighted by molar-refractivity contribution is 7.99. The Labute approximate surface area is 109 Å². The van der Waals surface area contributed by atoms with Crippen molar-refractivity contribution in [3.63, 3.8) is 0 Å². The zero-order valence-corrected chi connectivity index (χ0v) is 10.8. The van der Waals surface area contributed by atoms with Crippen LogP contribution in [0.1, 0.15) is 5.56 Å². The Morgan fingerprint density at radius 1 is 1.18 bits per heavy atom. The molecule has 2 rings (SSSR count). The molecular weight excluding hydrogens is 257 g/mol. The van der Waals surface area contributed by atoms with Crippen LogP contribution in [-0.2, 0) is 0 Å². The van der Waals surface area contributed by atoms with Gasteiger partial charge in [-0.2, -0.15) is 0 Å². The van der Waals surface area contributed by atoms with E-state index in [1.807, 2.05) is 6.92 Å². The molecule has 0 atom stereocenters. The number of nitrogens with two attached hydrogens (primary N) is 1. The summed E-state index contributed by atoms with van der Waals surface area (Å²) in [6.45, 7) is 1.88. The molecule has 2 N–H and O–H groups in total. The third kappa shape index (κ3) is 2.56. The van der Waals surface area contributed by atoms with Crippen LogP contribution in [0.3, 0.4) is 0 Å². The van der Waals surface area contributed by atoms with Gasteiger partial charge in [-0.3, -0.25) is 0 Å². The molecule has 0 amide bonds. The van der Waals surface area contributed by atoms with Crippen LogP contribution in [0.2, 0.25) is 5.02 Å². The van der Waals surface area contributed by atoms with Gasteiger partial charge in [0.25, 0.3) is 0 Å². The van der Waals surface area contributed by atoms with Crippen LogP contribution in [0.5, 0.6) is 0 Å². The van der Waals surface area contributed by atoms with E-state index in [-0.39, 0.29) is 5.82 Å². The van der Waals surface area contributed by atoms with Crippen molar-refractivity contribution in [2.75, 3.05) is 5.73 Å². The standard InChI is InChI=1S/C13H11ClFNS/c1-8-9(14)6-7-11(16)13(8)17-12-5-3-2-4-10(12)15/h2-7H,16H2,1H3. The van der Waals surface area contributed by atoms with Gasteiger partial charge in [0.2, 0.25) is 0 Å². The maximum Gasteiger partial charge on any atom is 0.137 e. The number of hydrogen-bond acceptors (Lipinski definition) is 2. The van der Waals surface area contributed by atoms with Gasteiger partial charge in [-0.05, 0) is 36.8 Å². The fourth-order valence-corrected chi connectivity index (χ4v) is 2.66. The van der Waals surface area contributed by atoms with Gasteiger partial charge in [-0.1, -0.05) is 35.5 Å². The normalized spacial score (nSPS) is 10.5. The average molecular weight is 268 g/mol. The first-order chi connectivity index (χ1) is 8.09. The smallest absolute Gasteiger partial charge is 0.137 e. The van der Waals surface area contributed by atoms with Gasteiger partial charge in [-0.25, -0.2) is 4.39 Å². The molecule has 0 saturated carbocycles. The molecule has 0 aliphatic heterocycles. The summed E-state index contributed by atoms with van der Waals surface area (Å²) in [4.78, 5) is 1.35. The van der Waals surface area contributed by atoms with Crippen molar-refractivity contribution in [3.05, 3.63) is 52.8 Å². The van der Waals surface area contributed by atoms with Crippen LogP contribution in [-0.4, -0.2) is 0 Å². The third-order valence-electron chi connectivity index (χ3n) is 2.42. The molecule has 0 aliphatic carbocycles. The van der Waals surface area contributed by atoms with E-state index < -0.39 is 0 Å². The minimum Gasteiger partial charge on any atom is -0.398 e. The van der Waals surface area contributed by atoms with Crippen LogP contribution in [0.4, 0.5) is 10.1 Å². The zero-order valence-electron chi connectivity index (χ0n) is 9.21. The topological polar surface area (TPSA) is 26.0 Å². The van der Waals surface area contributed by atoms with Gasteiger partial charge in [0.15, 0.2) is 0 Å². The first-order valence-corrected chi connectivity index (χ1v) is 6.26. The predicted molar refractivity (Wildman–Crippen MR) is 71.1 cm³/mol. The van der Waals surface area contributed by atoms with Crippen molar-refractivity contribution in [1.29, 1.82) is 0 Å². The Hall–Kier alpha value is -1.19. The number of halogens is 2. The Morgan fingerprint density at radius 2 is 1.88 bits per heavy atom. The molecule has 17 heavy (non-hydrogen) atoms. The van der Waals surface area contributed by atoms with Crippen molar-refractivity contribution < 1.29 is 4.39 Å². The molecule has 0 spiro atoms. The second kappa shape index (κ2) is 4.98. The van der Waals surface area contributed by atoms with Crippen molar-refractivity contribution in [3.8, 4) is 0 Å². The lowest BCUT2D eigenvalue weighted by Crippen LogP contribution is -1.92. The zero-order chi connectivity index (χ0) is 12.4. The summed E-state index contributed by atoms with van der Waals surface area (Å²) in [5, 5.41) is 0.637. The highest BCUT2D eigenvalue weighted by atomic mass is 35.5. The second-order valence-corrected chi connectivity index (χ2v) is 5.08. The maximum atomic E-state index is 13.5. The van der Waals surface area contributed by atoms with Gasteiger partial charge in [-0.15, -0.1) is 0 Å². The van der Waals surface area contributed by atoms with Gasteiger partial charge in [0.1, 0.15) is 5.82 Å². The average Bonchev–Trinajstić information content (AvgIpc) is 2.32. The van der Waals surface area contributed by atoms with Gasteiger partial charge in [0, 0.05) is 20.5 Å². The van der Waals surface area contributed by atoms with Crippen molar-refractivity contribution in [2.45, 2.75) is 16.7 Å². The minimum absolute atomic E-state index is 0.253. The van der Waals surface area contributed by atoms with Crippen molar-refractivity contribution in [1.82, 2.24) is 0 Å². The number of anilines is 1. The van der Waals surface area contributed by atoms with Crippen molar-refractivity contribution in [2.24, 2.45) is 0 Å². The van der Waals surface area contributed by atoms with E-state index in [0.717, 1.165) is 10.5 Å². The van der Waals surface area contributed by atoms with E-state index in [2.05, 4.69) is 0 Å². The molecule has 0 heterocycles. The van der Waals surface area contributed by atoms with Crippen LogP contribution in [0.15, 0.2) is 46.2 Å². The fraction of sp³-hybridized carbons (Fsp3) is 0.0769. The molecule has 0 aromatic heterocycles. The van der Waals surface area contributed by atoms with Crippen LogP contribution in [0, 0.1) is 12.7 Å². The highest BCUT2D eigenvalue weighted by Gasteiger charge is 2.10. The number of benzene rings is 2. The quantitative estimate of drug-likeness (QED) is 0.810. The highest BCUT2D eigenvalue weighted by Crippen LogP contribution is 2.38. The molecule has 0 radical (unpaired) electrons. The Balaban J connectivity index is 2.43. The first-order valence-electron chi connectivity index (χ1n) is 5.06. The lowest BCUT2D eigenvalue weighted by Gasteiger charge is -2.10. The molecule has 1 nitrogen and oxygen atoms in total. The molecule has 4 heteroatoms. The molecule has 0 bridgehead atoms. The fourth-order valence-electron chi connectivity index (χ4n) is 1.46. The van der Waals surface area contributed by atoms with E-state index in [1.54, 1.807) is 30.3 Å². The summed E-state index contributed by atoms with van der Waals surface area (Å²) in [7, 11) is 0. The SMILES string of the molecule is Cc1c(Cl)ccc(N)c1Sc1ccccc1F. The molecule has 0 fully saturated rings. The van der Waals surface area contributed by atoms with E-state index in [9.17, 15) is 4.39 Å². The molecule has 0 saturated heterocycles. The van der Waals surface area contributed by atoms with E-state index >= 15 is 0 Å². The van der Waals surface area contributed by atoms with E-state index in [1.165, 1.54) is 17.8 Å². The van der Waals surface area contributed by atoms with Crippen LogP contribution in [0.25, 0.3) is 0 Å². The number of rotatable bonds is 2. The number of hydrogen-bond donors (Lipinski definition) is 1. The summed E-state index contributed by atoms with van der Waals surface area (Å²) in [5.74, 6) is -0.253. The Kier molecular flexibility index (Phi) is 3.60. The molecule has 2 aromatic carbocycles. The molecule has 0 unspecified atom stereocenters. The summed E-state index contributed by atoms with van der Waals surface area (Å²) in [6.07, 6.45) is 0. The maximum absolute atomic E-state index is 13.5. The van der Waals surface area contributed by atoms with E-state index in [0.29, 0.717) is 15.6 Å². The first kappa shape index (κ1) is 12.3. The summed E-state index contributed by atoms with van der Waals surface area (Å²) >= 11 is 7.33. The van der Waals surface area contributed by atoms with E-state index in [4.69, 9.17) is 17.3 Å². The second-order valence-electron chi connectivity index (χ2n) is 3.62. The summed E-state index contributed by atoms with van der Waals surface area (Å²) < 4.78 is 13.5. The minimum atomic E-state index is -0.253. The summed E-state index contributed by atoms with van der Waals surface area (Å²) in [5.41, 5.74) is 7.37. The largest absolute Gasteiger partial charge is 0.398 e. The summed E-state index contributed by atoms with van der Waals surface area (Å²) in [6, 6.07) is 10.1. The van der Waals surface area contributed by atoms with Gasteiger partial charge < -0.3 is 5.73 Å². The number of nitrogen functional groups attached to an aromatic ring is 1. The Morgan fingerprint density at radius 3 is 2.59 bits per heavy atom. The lowest BCUT2D eigenvalue weighted by atomic mass is 10.2. The van der Waals surface area contributed by atoms with Crippen molar-refractivity contribution >= 4 is 29.1 Å². The van der Waals surface area contributed by atoms with Crippen LogP contribution < -0.4 is 5.73 Å².